The third-order valence-electron chi connectivity index (χ3n) is 4.24. The summed E-state index contributed by atoms with van der Waals surface area (Å²) in [7, 11) is 7.34. The molecule has 3 nitrogen and oxygen atoms in total. The van der Waals surface area contributed by atoms with E-state index >= 15 is 0 Å². The van der Waals surface area contributed by atoms with Gasteiger partial charge < -0.3 is 0 Å². The number of rotatable bonds is 5. The summed E-state index contributed by atoms with van der Waals surface area (Å²) in [5.74, 6) is 0. The molecule has 1 aromatic carbocycles. The van der Waals surface area contributed by atoms with Gasteiger partial charge in [0.15, 0.2) is 0 Å². The third kappa shape index (κ3) is 4.28. The number of allylic oxidation sites excluding steroid dienone is 1. The van der Waals surface area contributed by atoms with E-state index in [9.17, 15) is 0 Å². The Hall–Kier alpha value is -0.255. The second-order valence-electron chi connectivity index (χ2n) is 8.53. The molecule has 0 spiro atoms. The molecule has 5 heteroatoms. The van der Waals surface area contributed by atoms with Gasteiger partial charge in [-0.1, -0.05) is 0 Å². The van der Waals surface area contributed by atoms with Gasteiger partial charge in [-0.25, -0.2) is 0 Å². The SMILES string of the molecule is C[N](C)[Mo]([CH]1C([Si](C)(C)NC(C)(C)C)=Cc2ccccc21)[N](C)C. The fraction of sp³-hybridized carbons (Fsp3) is 0.579. The van der Waals surface area contributed by atoms with Crippen molar-refractivity contribution in [1.29, 1.82) is 0 Å². The van der Waals surface area contributed by atoms with Crippen molar-refractivity contribution in [2.24, 2.45) is 0 Å². The molecule has 0 aliphatic heterocycles. The molecule has 2 rings (SSSR count). The van der Waals surface area contributed by atoms with Crippen LogP contribution >= 0.6 is 0 Å². The first-order valence-corrected chi connectivity index (χ1v) is 14.6. The van der Waals surface area contributed by atoms with E-state index in [4.69, 9.17) is 0 Å². The van der Waals surface area contributed by atoms with Crippen LogP contribution in [0.15, 0.2) is 29.5 Å². The molecule has 1 atom stereocenters. The Morgan fingerprint density at radius 3 is 2.04 bits per heavy atom. The fourth-order valence-corrected chi connectivity index (χ4v) is 15.4. The van der Waals surface area contributed by atoms with Crippen molar-refractivity contribution >= 4 is 14.3 Å². The van der Waals surface area contributed by atoms with Crippen LogP contribution < -0.4 is 4.98 Å². The predicted molar refractivity (Wildman–Crippen MR) is 105 cm³/mol. The fourth-order valence-electron chi connectivity index (χ4n) is 3.79. The summed E-state index contributed by atoms with van der Waals surface area (Å²) in [6.07, 6.45) is 2.51. The van der Waals surface area contributed by atoms with Crippen molar-refractivity contribution in [2.75, 3.05) is 28.2 Å². The molecule has 1 aliphatic carbocycles. The zero-order valence-electron chi connectivity index (χ0n) is 16.8. The molecule has 1 aliphatic rings. The van der Waals surface area contributed by atoms with Crippen LogP contribution in [0.5, 0.6) is 0 Å². The molecule has 1 unspecified atom stereocenters. The Morgan fingerprint density at radius 1 is 1.00 bits per heavy atom. The first-order chi connectivity index (χ1) is 10.9. The van der Waals surface area contributed by atoms with Gasteiger partial charge in [0.05, 0.1) is 0 Å². The Balaban J connectivity index is 2.53. The second-order valence-corrected chi connectivity index (χ2v) is 18.8. The molecule has 0 bridgehead atoms. The molecule has 1 N–H and O–H groups in total. The second kappa shape index (κ2) is 7.16. The average molecular weight is 429 g/mol. The Kier molecular flexibility index (Phi) is 5.99. The molecule has 0 heterocycles. The van der Waals surface area contributed by atoms with Crippen molar-refractivity contribution in [3.05, 3.63) is 40.6 Å². The Morgan fingerprint density at radius 2 is 1.54 bits per heavy atom. The van der Waals surface area contributed by atoms with Gasteiger partial charge in [0.1, 0.15) is 0 Å². The predicted octanol–water partition coefficient (Wildman–Crippen LogP) is 3.83. The van der Waals surface area contributed by atoms with Gasteiger partial charge in [-0.3, -0.25) is 0 Å². The first-order valence-electron chi connectivity index (χ1n) is 8.62. The van der Waals surface area contributed by atoms with Crippen LogP contribution in [0.25, 0.3) is 6.08 Å². The molecule has 0 saturated heterocycles. The molecule has 0 saturated carbocycles. The van der Waals surface area contributed by atoms with Gasteiger partial charge in [0.25, 0.3) is 0 Å². The summed E-state index contributed by atoms with van der Waals surface area (Å²) >= 11 is -1.67. The molecule has 0 fully saturated rings. The van der Waals surface area contributed by atoms with Crippen molar-refractivity contribution in [3.63, 3.8) is 0 Å². The van der Waals surface area contributed by atoms with Crippen LogP contribution in [0.3, 0.4) is 0 Å². The average Bonchev–Trinajstić information content (AvgIpc) is 2.76. The van der Waals surface area contributed by atoms with E-state index in [1.807, 2.05) is 0 Å². The van der Waals surface area contributed by atoms with Crippen LogP contribution in [0.2, 0.25) is 13.1 Å². The van der Waals surface area contributed by atoms with Gasteiger partial charge in [-0.15, -0.1) is 0 Å². The quantitative estimate of drug-likeness (QED) is 0.720. The molecule has 24 heavy (non-hydrogen) atoms. The maximum absolute atomic E-state index is 4.00. The number of nitrogens with one attached hydrogen (secondary N) is 1. The molecular formula is C19H34MoN3Si. The molecule has 0 amide bonds. The minimum absolute atomic E-state index is 0.145. The van der Waals surface area contributed by atoms with Gasteiger partial charge >= 0.3 is 157 Å². The number of hydrogen-bond acceptors (Lipinski definition) is 3. The van der Waals surface area contributed by atoms with E-state index in [1.165, 1.54) is 5.56 Å². The van der Waals surface area contributed by atoms with E-state index in [0.29, 0.717) is 4.31 Å². The topological polar surface area (TPSA) is 18.5 Å². The summed E-state index contributed by atoms with van der Waals surface area (Å²) in [6.45, 7) is 11.8. The number of benzene rings is 1. The van der Waals surface area contributed by atoms with E-state index < -0.39 is 26.0 Å². The van der Waals surface area contributed by atoms with Crippen LogP contribution in [0.1, 0.15) is 36.2 Å². The van der Waals surface area contributed by atoms with Crippen molar-refractivity contribution < 1.29 is 17.8 Å². The van der Waals surface area contributed by atoms with Crippen molar-refractivity contribution in [2.45, 2.75) is 43.7 Å². The number of nitrogens with zero attached hydrogens (tertiary/aromatic N) is 2. The van der Waals surface area contributed by atoms with Gasteiger partial charge in [0.2, 0.25) is 0 Å². The number of fused-ring (bicyclic) bond motifs is 1. The standard InChI is InChI=1S/C15H22NSi.2C2H6N.Mo/c1-15(2,3)16-17(4,5)14-10-12-8-6-7-9-13(12)11-14;2*1-3-2;/h6-11,16H,1-5H3;2*1-2H3;/q;2*-1;+2. The van der Waals surface area contributed by atoms with Crippen molar-refractivity contribution in [1.82, 2.24) is 11.9 Å². The van der Waals surface area contributed by atoms with Crippen molar-refractivity contribution in [3.8, 4) is 0 Å². The number of hydrogen-bond donors (Lipinski definition) is 1. The molecule has 0 radical (unpaired) electrons. The maximum atomic E-state index is 4.00. The van der Waals surface area contributed by atoms with Gasteiger partial charge in [-0.05, 0) is 0 Å². The van der Waals surface area contributed by atoms with E-state index in [1.54, 1.807) is 10.8 Å². The van der Waals surface area contributed by atoms with Gasteiger partial charge in [0, 0.05) is 0 Å². The normalized spacial score (nSPS) is 18.5. The van der Waals surface area contributed by atoms with E-state index in [0.717, 1.165) is 0 Å². The van der Waals surface area contributed by atoms with Crippen LogP contribution in [0.4, 0.5) is 0 Å². The summed E-state index contributed by atoms with van der Waals surface area (Å²) in [6, 6.07) is 9.02. The summed E-state index contributed by atoms with van der Waals surface area (Å²) in [5.41, 5.74) is 3.12. The minimum atomic E-state index is -1.72. The summed E-state index contributed by atoms with van der Waals surface area (Å²) in [4.78, 5) is 4.00. The zero-order valence-corrected chi connectivity index (χ0v) is 19.8. The molecule has 0 aromatic heterocycles. The Bertz CT molecular complexity index is 609. The summed E-state index contributed by atoms with van der Waals surface area (Å²) in [5, 5.41) is 1.68. The van der Waals surface area contributed by atoms with E-state index in [2.05, 4.69) is 104 Å². The van der Waals surface area contributed by atoms with Crippen LogP contribution in [0, 0.1) is 0 Å². The third-order valence-corrected chi connectivity index (χ3v) is 14.0. The first kappa shape index (κ1) is 20.1. The van der Waals surface area contributed by atoms with Crippen LogP contribution in [-0.4, -0.2) is 48.9 Å². The molecular weight excluding hydrogens is 394 g/mol. The molecule has 135 valence electrons. The summed E-state index contributed by atoms with van der Waals surface area (Å²) < 4.78 is 5.63. The zero-order chi connectivity index (χ0) is 18.3. The van der Waals surface area contributed by atoms with Gasteiger partial charge in [-0.2, -0.15) is 0 Å². The van der Waals surface area contributed by atoms with E-state index in [-0.39, 0.29) is 5.54 Å². The molecule has 1 aromatic rings. The monoisotopic (exact) mass is 430 g/mol. The Labute approximate surface area is 156 Å². The van der Waals surface area contributed by atoms with Crippen LogP contribution in [-0.2, 0) is 17.8 Å².